The zero-order valence-electron chi connectivity index (χ0n) is 13.4. The molecule has 1 amide bonds. The van der Waals surface area contributed by atoms with Gasteiger partial charge in [0.05, 0.1) is 6.54 Å². The third-order valence-electron chi connectivity index (χ3n) is 3.51. The summed E-state index contributed by atoms with van der Waals surface area (Å²) in [5, 5.41) is 3.34. The van der Waals surface area contributed by atoms with E-state index in [2.05, 4.69) is 40.3 Å². The van der Waals surface area contributed by atoms with Crippen LogP contribution in [0.2, 0.25) is 0 Å². The molecule has 0 aliphatic rings. The molecule has 0 atom stereocenters. The van der Waals surface area contributed by atoms with Crippen molar-refractivity contribution < 1.29 is 4.79 Å². The summed E-state index contributed by atoms with van der Waals surface area (Å²) in [5.41, 5.74) is 2.29. The van der Waals surface area contributed by atoms with Gasteiger partial charge < -0.3 is 15.1 Å². The Labute approximate surface area is 136 Å². The maximum absolute atomic E-state index is 12.2. The van der Waals surface area contributed by atoms with Crippen LogP contribution >= 0.6 is 15.9 Å². The van der Waals surface area contributed by atoms with Crippen molar-refractivity contribution in [2.45, 2.75) is 27.3 Å². The van der Waals surface area contributed by atoms with Crippen molar-refractivity contribution in [3.63, 3.8) is 0 Å². The molecule has 1 aromatic carbocycles. The molecule has 0 aliphatic carbocycles. The molecule has 0 heterocycles. The average Bonchev–Trinajstić information content (AvgIpc) is 2.46. The molecule has 21 heavy (non-hydrogen) atoms. The van der Waals surface area contributed by atoms with Crippen LogP contribution in [-0.4, -0.2) is 44.0 Å². The lowest BCUT2D eigenvalue weighted by molar-refractivity contribution is -0.129. The molecule has 4 nitrogen and oxygen atoms in total. The molecule has 0 saturated heterocycles. The number of likely N-dealkylation sites (N-methyl/N-ethyl adjacent to an activating group) is 2. The van der Waals surface area contributed by atoms with Gasteiger partial charge in [0.1, 0.15) is 0 Å². The topological polar surface area (TPSA) is 35.6 Å². The average molecular weight is 356 g/mol. The first-order chi connectivity index (χ1) is 10.0. The Morgan fingerprint density at radius 2 is 1.90 bits per heavy atom. The van der Waals surface area contributed by atoms with Gasteiger partial charge in [0.25, 0.3) is 0 Å². The lowest BCUT2D eigenvalue weighted by Gasteiger charge is -2.26. The van der Waals surface area contributed by atoms with E-state index in [4.69, 9.17) is 0 Å². The van der Waals surface area contributed by atoms with Crippen LogP contribution in [0.4, 0.5) is 5.69 Å². The summed E-state index contributed by atoms with van der Waals surface area (Å²) in [6.07, 6.45) is 0. The predicted molar refractivity (Wildman–Crippen MR) is 92.7 cm³/mol. The molecule has 0 aromatic heterocycles. The van der Waals surface area contributed by atoms with E-state index in [1.165, 1.54) is 5.56 Å². The van der Waals surface area contributed by atoms with E-state index in [0.29, 0.717) is 6.54 Å². The monoisotopic (exact) mass is 355 g/mol. The van der Waals surface area contributed by atoms with Crippen molar-refractivity contribution in [3.8, 4) is 0 Å². The number of amides is 1. The number of hydrogen-bond acceptors (Lipinski definition) is 3. The number of hydrogen-bond donors (Lipinski definition) is 1. The predicted octanol–water partition coefficient (Wildman–Crippen LogP) is 2.86. The van der Waals surface area contributed by atoms with Crippen LogP contribution in [0, 0.1) is 0 Å². The number of carbonyl (C=O) groups is 1. The first-order valence-electron chi connectivity index (χ1n) is 7.51. The van der Waals surface area contributed by atoms with Crippen LogP contribution in [0.25, 0.3) is 0 Å². The van der Waals surface area contributed by atoms with Crippen molar-refractivity contribution in [3.05, 3.63) is 28.2 Å². The lowest BCUT2D eigenvalue weighted by Crippen LogP contribution is -2.39. The van der Waals surface area contributed by atoms with Gasteiger partial charge >= 0.3 is 0 Å². The highest BCUT2D eigenvalue weighted by Gasteiger charge is 2.15. The van der Waals surface area contributed by atoms with Crippen LogP contribution in [0.5, 0.6) is 0 Å². The molecular weight excluding hydrogens is 330 g/mol. The van der Waals surface area contributed by atoms with Crippen LogP contribution in [0.15, 0.2) is 22.7 Å². The van der Waals surface area contributed by atoms with Crippen molar-refractivity contribution in [1.29, 1.82) is 0 Å². The van der Waals surface area contributed by atoms with Crippen LogP contribution in [-0.2, 0) is 11.3 Å². The summed E-state index contributed by atoms with van der Waals surface area (Å²) < 4.78 is 1.06. The molecule has 0 fully saturated rings. The van der Waals surface area contributed by atoms with Gasteiger partial charge in [-0.25, -0.2) is 0 Å². The Morgan fingerprint density at radius 3 is 2.48 bits per heavy atom. The second kappa shape index (κ2) is 9.05. The molecule has 0 bridgehead atoms. The van der Waals surface area contributed by atoms with E-state index in [0.717, 1.165) is 36.3 Å². The van der Waals surface area contributed by atoms with E-state index in [9.17, 15) is 4.79 Å². The Hall–Kier alpha value is -1.07. The molecule has 0 aliphatic heterocycles. The molecule has 5 heteroatoms. The summed E-state index contributed by atoms with van der Waals surface area (Å²) >= 11 is 3.51. The molecule has 118 valence electrons. The summed E-state index contributed by atoms with van der Waals surface area (Å²) in [7, 11) is 1.97. The van der Waals surface area contributed by atoms with Gasteiger partial charge in [-0.15, -0.1) is 0 Å². The van der Waals surface area contributed by atoms with Gasteiger partial charge in [-0.3, -0.25) is 4.79 Å². The number of benzene rings is 1. The van der Waals surface area contributed by atoms with Gasteiger partial charge in [-0.05, 0) is 44.2 Å². The van der Waals surface area contributed by atoms with Crippen LogP contribution < -0.4 is 10.2 Å². The fourth-order valence-electron chi connectivity index (χ4n) is 2.29. The standard InChI is InChI=1S/C16H26BrN3O/c1-5-18-11-13-10-14(17)8-9-15(13)19(4)12-16(21)20(6-2)7-3/h8-10,18H,5-7,11-12H2,1-4H3. The fourth-order valence-corrected chi connectivity index (χ4v) is 2.70. The Balaban J connectivity index is 2.85. The molecule has 1 aromatic rings. The van der Waals surface area contributed by atoms with Crippen LogP contribution in [0.3, 0.4) is 0 Å². The summed E-state index contributed by atoms with van der Waals surface area (Å²) in [6, 6.07) is 6.19. The minimum atomic E-state index is 0.166. The smallest absolute Gasteiger partial charge is 0.242 e. The van der Waals surface area contributed by atoms with Gasteiger partial charge in [0, 0.05) is 36.8 Å². The third kappa shape index (κ3) is 5.32. The minimum absolute atomic E-state index is 0.166. The molecule has 1 N–H and O–H groups in total. The maximum atomic E-state index is 12.2. The zero-order valence-corrected chi connectivity index (χ0v) is 15.0. The molecule has 1 rings (SSSR count). The number of anilines is 1. The zero-order chi connectivity index (χ0) is 15.8. The molecular formula is C16H26BrN3O. The van der Waals surface area contributed by atoms with Gasteiger partial charge in [-0.1, -0.05) is 22.9 Å². The largest absolute Gasteiger partial charge is 0.365 e. The molecule has 0 unspecified atom stereocenters. The Morgan fingerprint density at radius 1 is 1.24 bits per heavy atom. The first kappa shape index (κ1) is 18.0. The Kier molecular flexibility index (Phi) is 7.75. The quantitative estimate of drug-likeness (QED) is 0.778. The second-order valence-corrected chi connectivity index (χ2v) is 5.89. The SMILES string of the molecule is CCNCc1cc(Br)ccc1N(C)CC(=O)N(CC)CC. The molecule has 0 radical (unpaired) electrons. The number of carbonyl (C=O) groups excluding carboxylic acids is 1. The van der Waals surface area contributed by atoms with E-state index in [-0.39, 0.29) is 5.91 Å². The van der Waals surface area contributed by atoms with E-state index < -0.39 is 0 Å². The van der Waals surface area contributed by atoms with Crippen LogP contribution in [0.1, 0.15) is 26.3 Å². The van der Waals surface area contributed by atoms with Crippen molar-refractivity contribution in [2.75, 3.05) is 38.1 Å². The normalized spacial score (nSPS) is 10.5. The number of halogens is 1. The fraction of sp³-hybridized carbons (Fsp3) is 0.562. The number of rotatable bonds is 8. The summed E-state index contributed by atoms with van der Waals surface area (Å²) in [4.78, 5) is 16.1. The number of nitrogens with zero attached hydrogens (tertiary/aromatic N) is 2. The van der Waals surface area contributed by atoms with Gasteiger partial charge in [-0.2, -0.15) is 0 Å². The highest BCUT2D eigenvalue weighted by molar-refractivity contribution is 9.10. The summed E-state index contributed by atoms with van der Waals surface area (Å²) in [6.45, 7) is 9.76. The molecule has 0 saturated carbocycles. The second-order valence-electron chi connectivity index (χ2n) is 4.98. The van der Waals surface area contributed by atoms with E-state index in [1.54, 1.807) is 0 Å². The summed E-state index contributed by atoms with van der Waals surface area (Å²) in [5.74, 6) is 0.166. The lowest BCUT2D eigenvalue weighted by atomic mass is 10.1. The third-order valence-corrected chi connectivity index (χ3v) is 4.00. The van der Waals surface area contributed by atoms with E-state index >= 15 is 0 Å². The molecule has 0 spiro atoms. The van der Waals surface area contributed by atoms with Gasteiger partial charge in [0.2, 0.25) is 5.91 Å². The maximum Gasteiger partial charge on any atom is 0.242 e. The highest BCUT2D eigenvalue weighted by atomic mass is 79.9. The van der Waals surface area contributed by atoms with Crippen molar-refractivity contribution >= 4 is 27.5 Å². The number of nitrogens with one attached hydrogen (secondary N) is 1. The Bertz CT molecular complexity index is 461. The van der Waals surface area contributed by atoms with Crippen molar-refractivity contribution in [1.82, 2.24) is 10.2 Å². The van der Waals surface area contributed by atoms with Crippen molar-refractivity contribution in [2.24, 2.45) is 0 Å². The highest BCUT2D eigenvalue weighted by Crippen LogP contribution is 2.24. The van der Waals surface area contributed by atoms with E-state index in [1.807, 2.05) is 36.8 Å². The first-order valence-corrected chi connectivity index (χ1v) is 8.30. The minimum Gasteiger partial charge on any atom is -0.365 e. The van der Waals surface area contributed by atoms with Gasteiger partial charge in [0.15, 0.2) is 0 Å².